The third-order valence-electron chi connectivity index (χ3n) is 5.42. The summed E-state index contributed by atoms with van der Waals surface area (Å²) in [6.45, 7) is 0.728. The normalized spacial score (nSPS) is 10.6. The summed E-state index contributed by atoms with van der Waals surface area (Å²) >= 11 is 0. The topological polar surface area (TPSA) is 46.6 Å². The minimum atomic E-state index is -0.488. The van der Waals surface area contributed by atoms with E-state index in [1.54, 1.807) is 11.0 Å². The van der Waals surface area contributed by atoms with Gasteiger partial charge in [-0.05, 0) is 34.4 Å². The van der Waals surface area contributed by atoms with Crippen molar-refractivity contribution in [3.8, 4) is 0 Å². The highest BCUT2D eigenvalue weighted by atomic mass is 16.5. The summed E-state index contributed by atoms with van der Waals surface area (Å²) in [5.74, 6) is -0.698. The van der Waals surface area contributed by atoms with Crippen molar-refractivity contribution in [1.29, 1.82) is 0 Å². The van der Waals surface area contributed by atoms with Crippen LogP contribution < -0.4 is 0 Å². The summed E-state index contributed by atoms with van der Waals surface area (Å²) in [7, 11) is 0. The summed E-state index contributed by atoms with van der Waals surface area (Å²) in [4.78, 5) is 27.5. The number of carbonyl (C=O) groups is 2. The lowest BCUT2D eigenvalue weighted by Gasteiger charge is -2.23. The van der Waals surface area contributed by atoms with Crippen molar-refractivity contribution >= 4 is 22.6 Å². The Labute approximate surface area is 188 Å². The van der Waals surface area contributed by atoms with Gasteiger partial charge in [-0.1, -0.05) is 97.1 Å². The Morgan fingerprint density at radius 1 is 0.688 bits per heavy atom. The first-order chi connectivity index (χ1) is 15.7. The van der Waals surface area contributed by atoms with Gasteiger partial charge >= 0.3 is 5.97 Å². The SMILES string of the molecule is O=C(OCC(=O)N(CCc1ccccc1)Cc1ccccc1)c1cccc2ccccc12. The Balaban J connectivity index is 1.44. The van der Waals surface area contributed by atoms with Crippen LogP contribution in [0.25, 0.3) is 10.8 Å². The fourth-order valence-corrected chi connectivity index (χ4v) is 3.70. The van der Waals surface area contributed by atoms with E-state index in [0.29, 0.717) is 18.7 Å². The van der Waals surface area contributed by atoms with Crippen LogP contribution in [-0.4, -0.2) is 29.9 Å². The number of benzene rings is 4. The molecule has 0 atom stereocenters. The fraction of sp³-hybridized carbons (Fsp3) is 0.143. The van der Waals surface area contributed by atoms with E-state index in [0.717, 1.165) is 28.3 Å². The maximum absolute atomic E-state index is 13.0. The zero-order chi connectivity index (χ0) is 22.2. The van der Waals surface area contributed by atoms with E-state index >= 15 is 0 Å². The van der Waals surface area contributed by atoms with Gasteiger partial charge in [-0.2, -0.15) is 0 Å². The zero-order valence-corrected chi connectivity index (χ0v) is 17.8. The molecule has 0 aliphatic heterocycles. The number of esters is 1. The van der Waals surface area contributed by atoms with E-state index in [9.17, 15) is 9.59 Å². The molecule has 1 amide bonds. The van der Waals surface area contributed by atoms with Gasteiger partial charge in [0.2, 0.25) is 0 Å². The quantitative estimate of drug-likeness (QED) is 0.363. The number of carbonyl (C=O) groups excluding carboxylic acids is 2. The number of hydrogen-bond acceptors (Lipinski definition) is 3. The molecule has 0 unspecified atom stereocenters. The molecule has 0 aliphatic rings. The Hall–Kier alpha value is -3.92. The molecule has 32 heavy (non-hydrogen) atoms. The summed E-state index contributed by atoms with van der Waals surface area (Å²) in [5, 5.41) is 1.78. The van der Waals surface area contributed by atoms with Crippen LogP contribution in [0.5, 0.6) is 0 Å². The lowest BCUT2D eigenvalue weighted by atomic mass is 10.1. The van der Waals surface area contributed by atoms with Gasteiger partial charge < -0.3 is 9.64 Å². The number of rotatable bonds is 8. The van der Waals surface area contributed by atoms with Crippen molar-refractivity contribution in [2.24, 2.45) is 0 Å². The van der Waals surface area contributed by atoms with Crippen molar-refractivity contribution < 1.29 is 14.3 Å². The van der Waals surface area contributed by atoms with E-state index in [1.807, 2.05) is 97.1 Å². The highest BCUT2D eigenvalue weighted by Gasteiger charge is 2.18. The molecule has 0 heterocycles. The number of fused-ring (bicyclic) bond motifs is 1. The maximum Gasteiger partial charge on any atom is 0.339 e. The average Bonchev–Trinajstić information content (AvgIpc) is 2.85. The molecule has 0 fully saturated rings. The maximum atomic E-state index is 13.0. The van der Waals surface area contributed by atoms with Gasteiger partial charge in [0, 0.05) is 13.1 Å². The van der Waals surface area contributed by atoms with E-state index < -0.39 is 5.97 Å². The first-order valence-electron chi connectivity index (χ1n) is 10.7. The van der Waals surface area contributed by atoms with Gasteiger partial charge in [0.1, 0.15) is 0 Å². The molecule has 0 N–H and O–H groups in total. The lowest BCUT2D eigenvalue weighted by Crippen LogP contribution is -2.35. The predicted molar refractivity (Wildman–Crippen MR) is 126 cm³/mol. The van der Waals surface area contributed by atoms with E-state index in [2.05, 4.69) is 0 Å². The van der Waals surface area contributed by atoms with Crippen LogP contribution in [0.4, 0.5) is 0 Å². The zero-order valence-electron chi connectivity index (χ0n) is 17.8. The fourth-order valence-electron chi connectivity index (χ4n) is 3.70. The molecule has 0 saturated carbocycles. The van der Waals surface area contributed by atoms with Crippen molar-refractivity contribution in [1.82, 2.24) is 4.90 Å². The molecule has 4 heteroatoms. The highest BCUT2D eigenvalue weighted by molar-refractivity contribution is 6.04. The second-order valence-electron chi connectivity index (χ2n) is 7.64. The molecule has 0 aliphatic carbocycles. The van der Waals surface area contributed by atoms with Crippen LogP contribution in [0.15, 0.2) is 103 Å². The molecule has 0 spiro atoms. The van der Waals surface area contributed by atoms with Crippen LogP contribution in [-0.2, 0) is 22.5 Å². The standard InChI is InChI=1S/C28H25NO3/c30-27(21-32-28(31)26-17-9-15-24-14-7-8-16-25(24)26)29(20-23-12-5-2-6-13-23)19-18-22-10-3-1-4-11-22/h1-17H,18-21H2. The van der Waals surface area contributed by atoms with E-state index in [1.165, 1.54) is 0 Å². The van der Waals surface area contributed by atoms with Gasteiger partial charge in [-0.15, -0.1) is 0 Å². The van der Waals surface area contributed by atoms with Gasteiger partial charge in [0.25, 0.3) is 5.91 Å². The van der Waals surface area contributed by atoms with Crippen molar-refractivity contribution in [3.05, 3.63) is 120 Å². The molecular weight excluding hydrogens is 398 g/mol. The van der Waals surface area contributed by atoms with Crippen LogP contribution in [0, 0.1) is 0 Å². The van der Waals surface area contributed by atoms with Crippen LogP contribution >= 0.6 is 0 Å². The van der Waals surface area contributed by atoms with Gasteiger partial charge in [-0.3, -0.25) is 4.79 Å². The third kappa shape index (κ3) is 5.41. The summed E-state index contributed by atoms with van der Waals surface area (Å²) in [6, 6.07) is 33.0. The Morgan fingerprint density at radius 3 is 2.06 bits per heavy atom. The Bertz CT molecular complexity index is 1180. The molecule has 4 aromatic carbocycles. The first kappa shape index (κ1) is 21.3. The van der Waals surface area contributed by atoms with Crippen molar-refractivity contribution in [2.45, 2.75) is 13.0 Å². The van der Waals surface area contributed by atoms with Crippen LogP contribution in [0.3, 0.4) is 0 Å². The smallest absolute Gasteiger partial charge is 0.339 e. The second-order valence-corrected chi connectivity index (χ2v) is 7.64. The minimum Gasteiger partial charge on any atom is -0.452 e. The monoisotopic (exact) mass is 423 g/mol. The summed E-state index contributed by atoms with van der Waals surface area (Å²) in [5.41, 5.74) is 2.66. The summed E-state index contributed by atoms with van der Waals surface area (Å²) < 4.78 is 5.44. The molecule has 4 nitrogen and oxygen atoms in total. The number of nitrogens with zero attached hydrogens (tertiary/aromatic N) is 1. The molecule has 0 radical (unpaired) electrons. The molecule has 0 aromatic heterocycles. The van der Waals surface area contributed by atoms with Crippen LogP contribution in [0.2, 0.25) is 0 Å². The third-order valence-corrected chi connectivity index (χ3v) is 5.42. The van der Waals surface area contributed by atoms with E-state index in [-0.39, 0.29) is 12.5 Å². The Morgan fingerprint density at radius 2 is 1.31 bits per heavy atom. The second kappa shape index (κ2) is 10.4. The molecule has 160 valence electrons. The predicted octanol–water partition coefficient (Wildman–Crippen LogP) is 5.27. The average molecular weight is 424 g/mol. The molecule has 4 rings (SSSR count). The molecular formula is C28H25NO3. The Kier molecular flexibility index (Phi) is 6.93. The number of ether oxygens (including phenoxy) is 1. The van der Waals surface area contributed by atoms with Gasteiger partial charge in [-0.25, -0.2) is 4.79 Å². The van der Waals surface area contributed by atoms with Crippen molar-refractivity contribution in [3.63, 3.8) is 0 Å². The number of hydrogen-bond donors (Lipinski definition) is 0. The van der Waals surface area contributed by atoms with Gasteiger partial charge in [0.15, 0.2) is 6.61 Å². The summed E-state index contributed by atoms with van der Waals surface area (Å²) in [6.07, 6.45) is 0.733. The van der Waals surface area contributed by atoms with Gasteiger partial charge in [0.05, 0.1) is 5.56 Å². The highest BCUT2D eigenvalue weighted by Crippen LogP contribution is 2.19. The molecule has 4 aromatic rings. The first-order valence-corrected chi connectivity index (χ1v) is 10.7. The van der Waals surface area contributed by atoms with Crippen molar-refractivity contribution in [2.75, 3.05) is 13.2 Å². The largest absolute Gasteiger partial charge is 0.452 e. The minimum absolute atomic E-state index is 0.210. The lowest BCUT2D eigenvalue weighted by molar-refractivity contribution is -0.135. The van der Waals surface area contributed by atoms with Crippen LogP contribution in [0.1, 0.15) is 21.5 Å². The molecule has 0 bridgehead atoms. The van der Waals surface area contributed by atoms with E-state index in [4.69, 9.17) is 4.74 Å². The molecule has 0 saturated heterocycles. The number of amides is 1.